The first-order valence-electron chi connectivity index (χ1n) is 4.90. The van der Waals surface area contributed by atoms with E-state index >= 15 is 0 Å². The molecule has 0 saturated heterocycles. The Morgan fingerprint density at radius 1 is 1.59 bits per heavy atom. The third kappa shape index (κ3) is 3.74. The van der Waals surface area contributed by atoms with Gasteiger partial charge >= 0.3 is 5.97 Å². The summed E-state index contributed by atoms with van der Waals surface area (Å²) in [6, 6.07) is 3.27. The normalized spacial score (nSPS) is 10.5. The molecule has 1 N–H and O–H groups in total. The number of rotatable bonds is 4. The summed E-state index contributed by atoms with van der Waals surface area (Å²) >= 11 is 3.27. The van der Waals surface area contributed by atoms with Gasteiger partial charge in [-0.25, -0.2) is 0 Å². The van der Waals surface area contributed by atoms with Crippen molar-refractivity contribution in [2.45, 2.75) is 13.8 Å². The van der Waals surface area contributed by atoms with E-state index in [0.717, 1.165) is 0 Å². The summed E-state index contributed by atoms with van der Waals surface area (Å²) in [6.45, 7) is 3.56. The number of oxime groups is 1. The molecule has 0 aliphatic carbocycles. The summed E-state index contributed by atoms with van der Waals surface area (Å²) in [5.41, 5.74) is 0.624. The fraction of sp³-hybridized carbons (Fsp3) is 0.273. The van der Waals surface area contributed by atoms with Crippen LogP contribution in [-0.4, -0.2) is 24.0 Å². The molecule has 6 heteroatoms. The Morgan fingerprint density at radius 2 is 2.29 bits per heavy atom. The van der Waals surface area contributed by atoms with Crippen molar-refractivity contribution in [1.82, 2.24) is 0 Å². The third-order valence-corrected chi connectivity index (χ3v) is 2.37. The summed E-state index contributed by atoms with van der Waals surface area (Å²) in [6.07, 6.45) is 1.25. The maximum Gasteiger partial charge on any atom is 0.308 e. The molecule has 0 heterocycles. The van der Waals surface area contributed by atoms with Crippen LogP contribution in [0.25, 0.3) is 0 Å². The number of nitrogens with zero attached hydrogens (tertiary/aromatic N) is 1. The van der Waals surface area contributed by atoms with Crippen LogP contribution in [0.1, 0.15) is 19.4 Å². The Kier molecular flexibility index (Phi) is 4.96. The van der Waals surface area contributed by atoms with E-state index in [1.54, 1.807) is 12.1 Å². The number of carbonyl (C=O) groups excluding carboxylic acids is 1. The lowest BCUT2D eigenvalue weighted by molar-refractivity contribution is -0.132. The molecule has 0 fully saturated rings. The van der Waals surface area contributed by atoms with Crippen LogP contribution in [0.15, 0.2) is 21.8 Å². The first-order chi connectivity index (χ1) is 8.08. The summed E-state index contributed by atoms with van der Waals surface area (Å²) < 4.78 is 10.9. The van der Waals surface area contributed by atoms with E-state index in [9.17, 15) is 4.79 Å². The third-order valence-electron chi connectivity index (χ3n) is 1.78. The molecular weight excluding hydrogens is 290 g/mol. The van der Waals surface area contributed by atoms with Crippen LogP contribution in [0.3, 0.4) is 0 Å². The number of hydrogen-bond acceptors (Lipinski definition) is 5. The monoisotopic (exact) mass is 301 g/mol. The van der Waals surface area contributed by atoms with Gasteiger partial charge < -0.3 is 14.7 Å². The highest BCUT2D eigenvalue weighted by Gasteiger charge is 2.13. The largest absolute Gasteiger partial charge is 0.490 e. The molecule has 0 atom stereocenters. The standard InChI is InChI=1S/C11H12BrNO4/c1-3-16-10-5-8(6-13-15)4-9(12)11(10)17-7(2)14/h4-6,15H,3H2,1-2H3/b13-6+. The molecule has 0 radical (unpaired) electrons. The van der Waals surface area contributed by atoms with Gasteiger partial charge in [0.2, 0.25) is 0 Å². The van der Waals surface area contributed by atoms with Crippen molar-refractivity contribution in [3.8, 4) is 11.5 Å². The van der Waals surface area contributed by atoms with Gasteiger partial charge in [-0.05, 0) is 35.0 Å². The molecule has 0 aliphatic rings. The molecule has 0 aliphatic heterocycles. The second kappa shape index (κ2) is 6.24. The fourth-order valence-corrected chi connectivity index (χ4v) is 1.78. The topological polar surface area (TPSA) is 68.1 Å². The van der Waals surface area contributed by atoms with Crippen molar-refractivity contribution in [3.63, 3.8) is 0 Å². The van der Waals surface area contributed by atoms with Crippen LogP contribution in [-0.2, 0) is 4.79 Å². The Morgan fingerprint density at radius 3 is 2.82 bits per heavy atom. The minimum absolute atomic E-state index is 0.314. The first kappa shape index (κ1) is 13.5. The Bertz CT molecular complexity index is 445. The summed E-state index contributed by atoms with van der Waals surface area (Å²) in [5, 5.41) is 11.4. The molecular formula is C11H12BrNO4. The molecule has 0 spiro atoms. The van der Waals surface area contributed by atoms with E-state index in [1.807, 2.05) is 6.92 Å². The molecule has 17 heavy (non-hydrogen) atoms. The second-order valence-corrected chi connectivity index (χ2v) is 3.96. The average Bonchev–Trinajstić information content (AvgIpc) is 2.23. The van der Waals surface area contributed by atoms with Gasteiger partial charge in [0.15, 0.2) is 11.5 Å². The van der Waals surface area contributed by atoms with E-state index in [0.29, 0.717) is 28.1 Å². The zero-order valence-corrected chi connectivity index (χ0v) is 11.0. The zero-order chi connectivity index (χ0) is 12.8. The number of ether oxygens (including phenoxy) is 2. The van der Waals surface area contributed by atoms with Crippen molar-refractivity contribution < 1.29 is 19.5 Å². The number of carbonyl (C=O) groups is 1. The van der Waals surface area contributed by atoms with Crippen molar-refractivity contribution in [3.05, 3.63) is 22.2 Å². The highest BCUT2D eigenvalue weighted by atomic mass is 79.9. The lowest BCUT2D eigenvalue weighted by Crippen LogP contribution is -2.05. The van der Waals surface area contributed by atoms with Crippen LogP contribution in [0.2, 0.25) is 0 Å². The molecule has 1 aromatic carbocycles. The molecule has 1 rings (SSSR count). The van der Waals surface area contributed by atoms with Crippen LogP contribution in [0.5, 0.6) is 11.5 Å². The van der Waals surface area contributed by atoms with E-state index in [1.165, 1.54) is 13.1 Å². The van der Waals surface area contributed by atoms with Gasteiger partial charge in [-0.15, -0.1) is 0 Å². The lowest BCUT2D eigenvalue weighted by atomic mass is 10.2. The van der Waals surface area contributed by atoms with Crippen LogP contribution < -0.4 is 9.47 Å². The van der Waals surface area contributed by atoms with Gasteiger partial charge in [-0.1, -0.05) is 5.16 Å². The predicted octanol–water partition coefficient (Wildman–Crippen LogP) is 2.58. The lowest BCUT2D eigenvalue weighted by Gasteiger charge is -2.12. The molecule has 5 nitrogen and oxygen atoms in total. The highest BCUT2D eigenvalue weighted by molar-refractivity contribution is 9.10. The average molecular weight is 302 g/mol. The van der Waals surface area contributed by atoms with Crippen molar-refractivity contribution in [1.29, 1.82) is 0 Å². The summed E-state index contributed by atoms with van der Waals surface area (Å²) in [7, 11) is 0. The van der Waals surface area contributed by atoms with Crippen molar-refractivity contribution in [2.24, 2.45) is 5.16 Å². The molecule has 92 valence electrons. The van der Waals surface area contributed by atoms with Crippen LogP contribution >= 0.6 is 15.9 Å². The molecule has 0 amide bonds. The Balaban J connectivity index is 3.21. The molecule has 0 saturated carbocycles. The van der Waals surface area contributed by atoms with Crippen molar-refractivity contribution >= 4 is 28.1 Å². The predicted molar refractivity (Wildman–Crippen MR) is 66.0 cm³/mol. The van der Waals surface area contributed by atoms with Crippen LogP contribution in [0, 0.1) is 0 Å². The SMILES string of the molecule is CCOc1cc(/C=N/O)cc(Br)c1OC(C)=O. The number of benzene rings is 1. The Hall–Kier alpha value is -1.56. The minimum atomic E-state index is -0.435. The van der Waals surface area contributed by atoms with Gasteiger partial charge in [-0.3, -0.25) is 4.79 Å². The van der Waals surface area contributed by atoms with E-state index in [4.69, 9.17) is 14.7 Å². The van der Waals surface area contributed by atoms with Gasteiger partial charge in [0.25, 0.3) is 0 Å². The van der Waals surface area contributed by atoms with E-state index in [-0.39, 0.29) is 0 Å². The molecule has 1 aromatic rings. The maximum atomic E-state index is 11.0. The summed E-state index contributed by atoms with van der Waals surface area (Å²) in [5.74, 6) is 0.289. The molecule has 0 aromatic heterocycles. The maximum absolute atomic E-state index is 11.0. The smallest absolute Gasteiger partial charge is 0.308 e. The number of esters is 1. The van der Waals surface area contributed by atoms with Gasteiger partial charge in [0.1, 0.15) is 0 Å². The van der Waals surface area contributed by atoms with E-state index in [2.05, 4.69) is 21.1 Å². The Labute approximate surface area is 107 Å². The fourth-order valence-electron chi connectivity index (χ4n) is 1.23. The zero-order valence-electron chi connectivity index (χ0n) is 9.44. The highest BCUT2D eigenvalue weighted by Crippen LogP contribution is 2.36. The van der Waals surface area contributed by atoms with E-state index < -0.39 is 5.97 Å². The second-order valence-electron chi connectivity index (χ2n) is 3.10. The van der Waals surface area contributed by atoms with Gasteiger partial charge in [0.05, 0.1) is 17.3 Å². The van der Waals surface area contributed by atoms with Crippen molar-refractivity contribution in [2.75, 3.05) is 6.61 Å². The molecule has 0 unspecified atom stereocenters. The summed E-state index contributed by atoms with van der Waals surface area (Å²) in [4.78, 5) is 11.0. The van der Waals surface area contributed by atoms with Gasteiger partial charge in [-0.2, -0.15) is 0 Å². The quantitative estimate of drug-likeness (QED) is 0.305. The van der Waals surface area contributed by atoms with Crippen LogP contribution in [0.4, 0.5) is 0 Å². The number of hydrogen-bond donors (Lipinski definition) is 1. The minimum Gasteiger partial charge on any atom is -0.490 e. The first-order valence-corrected chi connectivity index (χ1v) is 5.70. The number of halogens is 1. The molecule has 0 bridgehead atoms. The van der Waals surface area contributed by atoms with Gasteiger partial charge in [0, 0.05) is 12.5 Å².